The Morgan fingerprint density at radius 2 is 2.12 bits per heavy atom. The number of aldehydes is 1. The number of aliphatic carboxylic acids is 1. The van der Waals surface area contributed by atoms with Gasteiger partial charge in [0.05, 0.1) is 17.9 Å². The fourth-order valence-corrected chi connectivity index (χ4v) is 6.58. The maximum atomic E-state index is 13.4. The van der Waals surface area contributed by atoms with Gasteiger partial charge in [-0.1, -0.05) is 25.5 Å². The number of carboxylic acid groups (broad SMARTS) is 1. The van der Waals surface area contributed by atoms with Gasteiger partial charge in [0.15, 0.2) is 0 Å². The van der Waals surface area contributed by atoms with E-state index in [-0.39, 0.29) is 35.6 Å². The molecule has 7 atom stereocenters. The topological polar surface area (TPSA) is 80.7 Å². The van der Waals surface area contributed by atoms with Gasteiger partial charge in [0.25, 0.3) is 0 Å². The van der Waals surface area contributed by atoms with E-state index in [2.05, 4.69) is 13.8 Å². The Bertz CT molecular complexity index is 653. The van der Waals surface area contributed by atoms with Crippen LogP contribution in [-0.4, -0.2) is 36.4 Å². The number of ketones is 1. The minimum absolute atomic E-state index is 0.0154. The zero-order valence-electron chi connectivity index (χ0n) is 16.2. The first-order valence-corrected chi connectivity index (χ1v) is 9.64. The van der Waals surface area contributed by atoms with E-state index in [0.29, 0.717) is 18.8 Å². The molecule has 144 valence electrons. The molecule has 0 saturated heterocycles. The van der Waals surface area contributed by atoms with E-state index in [9.17, 15) is 19.5 Å². The summed E-state index contributed by atoms with van der Waals surface area (Å²) in [4.78, 5) is 37.3. The third-order valence-corrected chi connectivity index (χ3v) is 7.94. The van der Waals surface area contributed by atoms with E-state index < -0.39 is 17.3 Å². The number of rotatable bonds is 4. The molecule has 3 rings (SSSR count). The number of carbonyl (C=O) groups is 3. The summed E-state index contributed by atoms with van der Waals surface area (Å²) < 4.78 is 5.86. The van der Waals surface area contributed by atoms with Crippen LogP contribution in [-0.2, 0) is 19.1 Å². The van der Waals surface area contributed by atoms with Crippen LogP contribution in [0.5, 0.6) is 0 Å². The summed E-state index contributed by atoms with van der Waals surface area (Å²) in [5, 5.41) is 9.43. The van der Waals surface area contributed by atoms with Crippen molar-refractivity contribution in [1.82, 2.24) is 0 Å². The van der Waals surface area contributed by atoms with Crippen LogP contribution < -0.4 is 0 Å². The Labute approximate surface area is 155 Å². The molecule has 2 saturated carbocycles. The summed E-state index contributed by atoms with van der Waals surface area (Å²) in [5.41, 5.74) is -0.699. The Morgan fingerprint density at radius 1 is 1.42 bits per heavy atom. The first kappa shape index (κ1) is 19.3. The number of Topliss-reactive ketones (excluding diaryl/α,β-unsaturated/α-hetero) is 1. The molecule has 3 aliphatic rings. The summed E-state index contributed by atoms with van der Waals surface area (Å²) in [6.45, 7) is 6.21. The smallest absolute Gasteiger partial charge is 0.304 e. The molecule has 0 aliphatic heterocycles. The molecule has 5 nitrogen and oxygen atoms in total. The molecule has 0 aromatic carbocycles. The summed E-state index contributed by atoms with van der Waals surface area (Å²) in [6.07, 6.45) is 5.54. The molecular weight excluding hydrogens is 332 g/mol. The Kier molecular flexibility index (Phi) is 4.89. The van der Waals surface area contributed by atoms with E-state index >= 15 is 0 Å². The van der Waals surface area contributed by atoms with Gasteiger partial charge >= 0.3 is 5.97 Å². The predicted molar refractivity (Wildman–Crippen MR) is 96.5 cm³/mol. The van der Waals surface area contributed by atoms with Crippen molar-refractivity contribution in [2.75, 3.05) is 7.11 Å². The number of hydrogen-bond acceptors (Lipinski definition) is 4. The average Bonchev–Trinajstić information content (AvgIpc) is 2.59. The molecule has 0 spiro atoms. The maximum Gasteiger partial charge on any atom is 0.304 e. The van der Waals surface area contributed by atoms with Gasteiger partial charge in [-0.15, -0.1) is 0 Å². The summed E-state index contributed by atoms with van der Waals surface area (Å²) in [5.74, 6) is -1.24. The van der Waals surface area contributed by atoms with Crippen LogP contribution in [0.15, 0.2) is 11.6 Å². The number of allylic oxidation sites excluding steroid dienone is 2. The Hall–Kier alpha value is -1.49. The van der Waals surface area contributed by atoms with Gasteiger partial charge in [0.2, 0.25) is 0 Å². The van der Waals surface area contributed by atoms with Gasteiger partial charge in [-0.05, 0) is 43.9 Å². The van der Waals surface area contributed by atoms with Crippen molar-refractivity contribution in [3.8, 4) is 0 Å². The van der Waals surface area contributed by atoms with Crippen LogP contribution in [0, 0.1) is 34.5 Å². The lowest BCUT2D eigenvalue weighted by molar-refractivity contribution is -0.192. The van der Waals surface area contributed by atoms with E-state index in [0.717, 1.165) is 24.7 Å². The molecule has 0 aromatic heterocycles. The van der Waals surface area contributed by atoms with E-state index in [1.165, 1.54) is 0 Å². The number of ether oxygens (including phenoxy) is 1. The standard InChI is InChI=1S/C21H30O5/c1-12-6-8-18(26-4)20(3)14(12)9-17(23)21(11-22)15(10-19(24)25)13(2)5-7-16(20)21/h5,11-12,14-16,18H,6-10H2,1-4H3,(H,24,25)/t12-,14+,15-,16+,18-,20+,21+/m1/s1. The monoisotopic (exact) mass is 362 g/mol. The zero-order chi connectivity index (χ0) is 19.3. The second-order valence-corrected chi connectivity index (χ2v) is 8.82. The number of carboxylic acids is 1. The fourth-order valence-electron chi connectivity index (χ4n) is 6.58. The molecule has 0 unspecified atom stereocenters. The number of carbonyl (C=O) groups excluding carboxylic acids is 2. The highest BCUT2D eigenvalue weighted by Gasteiger charge is 2.67. The first-order chi connectivity index (χ1) is 12.2. The Morgan fingerprint density at radius 3 is 2.69 bits per heavy atom. The minimum Gasteiger partial charge on any atom is -0.481 e. The van der Waals surface area contributed by atoms with Crippen LogP contribution in [0.4, 0.5) is 0 Å². The molecule has 1 N–H and O–H groups in total. The molecule has 0 amide bonds. The van der Waals surface area contributed by atoms with Crippen molar-refractivity contribution >= 4 is 18.0 Å². The highest BCUT2D eigenvalue weighted by Crippen LogP contribution is 2.65. The largest absolute Gasteiger partial charge is 0.481 e. The van der Waals surface area contributed by atoms with Gasteiger partial charge in [-0.25, -0.2) is 0 Å². The van der Waals surface area contributed by atoms with Crippen LogP contribution >= 0.6 is 0 Å². The van der Waals surface area contributed by atoms with Crippen molar-refractivity contribution in [3.05, 3.63) is 11.6 Å². The van der Waals surface area contributed by atoms with E-state index in [1.54, 1.807) is 7.11 Å². The zero-order valence-corrected chi connectivity index (χ0v) is 16.2. The number of hydrogen-bond donors (Lipinski definition) is 1. The molecule has 0 bridgehead atoms. The first-order valence-electron chi connectivity index (χ1n) is 9.64. The van der Waals surface area contributed by atoms with Crippen LogP contribution in [0.3, 0.4) is 0 Å². The SMILES string of the molecule is CO[C@@H]1CC[C@@H](C)[C@@H]2CC(=O)[C@@]3(C=O)[C@H](CC(=O)O)C(C)=CC[C@H]3[C@@]12C. The third-order valence-electron chi connectivity index (χ3n) is 7.94. The summed E-state index contributed by atoms with van der Waals surface area (Å²) in [6, 6.07) is 0. The quantitative estimate of drug-likeness (QED) is 0.472. The summed E-state index contributed by atoms with van der Waals surface area (Å²) >= 11 is 0. The van der Waals surface area contributed by atoms with Gasteiger partial charge in [0.1, 0.15) is 12.1 Å². The Balaban J connectivity index is 2.18. The van der Waals surface area contributed by atoms with Crippen molar-refractivity contribution < 1.29 is 24.2 Å². The molecular formula is C21H30O5. The fraction of sp³-hybridized carbons (Fsp3) is 0.762. The molecule has 0 aromatic rings. The molecule has 5 heteroatoms. The lowest BCUT2D eigenvalue weighted by Gasteiger charge is -2.63. The van der Waals surface area contributed by atoms with Gasteiger partial charge in [-0.2, -0.15) is 0 Å². The highest BCUT2D eigenvalue weighted by atomic mass is 16.5. The van der Waals surface area contributed by atoms with E-state index in [4.69, 9.17) is 4.74 Å². The molecule has 0 radical (unpaired) electrons. The lowest BCUT2D eigenvalue weighted by Crippen LogP contribution is -2.65. The van der Waals surface area contributed by atoms with Crippen molar-refractivity contribution in [2.24, 2.45) is 34.5 Å². The van der Waals surface area contributed by atoms with Crippen LogP contribution in [0.1, 0.15) is 52.9 Å². The lowest BCUT2D eigenvalue weighted by atomic mass is 9.40. The number of methoxy groups -OCH3 is 1. The molecule has 0 heterocycles. The van der Waals surface area contributed by atoms with E-state index in [1.807, 2.05) is 13.0 Å². The van der Waals surface area contributed by atoms with Crippen LogP contribution in [0.2, 0.25) is 0 Å². The highest BCUT2D eigenvalue weighted by molar-refractivity contribution is 6.01. The molecule has 3 aliphatic carbocycles. The van der Waals surface area contributed by atoms with Crippen molar-refractivity contribution in [2.45, 2.75) is 59.0 Å². The second kappa shape index (κ2) is 6.59. The molecule has 26 heavy (non-hydrogen) atoms. The van der Waals surface area contributed by atoms with Gasteiger partial charge in [0, 0.05) is 24.9 Å². The molecule has 2 fully saturated rings. The van der Waals surface area contributed by atoms with Crippen molar-refractivity contribution in [1.29, 1.82) is 0 Å². The third kappa shape index (κ3) is 2.43. The predicted octanol–water partition coefficient (Wildman–Crippen LogP) is 3.27. The average molecular weight is 362 g/mol. The summed E-state index contributed by atoms with van der Waals surface area (Å²) in [7, 11) is 1.71. The normalized spacial score (nSPS) is 45.3. The van der Waals surface area contributed by atoms with Gasteiger partial charge < -0.3 is 14.6 Å². The van der Waals surface area contributed by atoms with Crippen molar-refractivity contribution in [3.63, 3.8) is 0 Å². The van der Waals surface area contributed by atoms with Crippen LogP contribution in [0.25, 0.3) is 0 Å². The maximum absolute atomic E-state index is 13.4. The van der Waals surface area contributed by atoms with Gasteiger partial charge in [-0.3, -0.25) is 9.59 Å². The second-order valence-electron chi connectivity index (χ2n) is 8.82. The minimum atomic E-state index is -1.24. The number of fused-ring (bicyclic) bond motifs is 3.